The summed E-state index contributed by atoms with van der Waals surface area (Å²) in [6.45, 7) is 0. The van der Waals surface area contributed by atoms with Crippen LogP contribution in [0.4, 0.5) is 0 Å². The molecule has 0 unspecified atom stereocenters. The van der Waals surface area contributed by atoms with Gasteiger partial charge in [-0.25, -0.2) is 4.98 Å². The predicted octanol–water partition coefficient (Wildman–Crippen LogP) is 1.65. The molecule has 1 aromatic carbocycles. The van der Waals surface area contributed by atoms with Gasteiger partial charge >= 0.3 is 7.69 Å². The molecule has 1 N–H and O–H groups in total. The molecule has 15 heavy (non-hydrogen) atoms. The average Bonchev–Trinajstić information content (AvgIpc) is 2.31. The van der Waals surface area contributed by atoms with E-state index in [2.05, 4.69) is 4.98 Å². The minimum Gasteiger partial charge on any atom is -0.523 e. The molecule has 0 fully saturated rings. The van der Waals surface area contributed by atoms with Gasteiger partial charge in [0.25, 0.3) is 0 Å². The first-order chi connectivity index (χ1) is 7.42. The van der Waals surface area contributed by atoms with Gasteiger partial charge in [-0.05, 0) is 17.7 Å². The topological polar surface area (TPSA) is 42.4 Å². The average molecular weight is 198 g/mol. The van der Waals surface area contributed by atoms with Gasteiger partial charge in [0.15, 0.2) is 0 Å². The number of hydrogen-bond donors (Lipinski definition) is 1. The SMILES string of the molecule is O[B]Oc1ncccc1-c1ccccc1. The van der Waals surface area contributed by atoms with Crippen molar-refractivity contribution in [2.24, 2.45) is 0 Å². The number of pyridine rings is 1. The third-order valence-corrected chi connectivity index (χ3v) is 2.02. The van der Waals surface area contributed by atoms with Crippen molar-refractivity contribution in [3.8, 4) is 17.0 Å². The van der Waals surface area contributed by atoms with Crippen LogP contribution in [0, 0.1) is 0 Å². The number of aromatic nitrogens is 1. The summed E-state index contributed by atoms with van der Waals surface area (Å²) in [5, 5.41) is 8.60. The molecule has 0 amide bonds. The maximum atomic E-state index is 8.60. The molecule has 1 aromatic heterocycles. The summed E-state index contributed by atoms with van der Waals surface area (Å²) in [7, 11) is 0.634. The molecule has 0 atom stereocenters. The van der Waals surface area contributed by atoms with Crippen LogP contribution >= 0.6 is 0 Å². The van der Waals surface area contributed by atoms with E-state index in [4.69, 9.17) is 9.68 Å². The number of benzene rings is 1. The van der Waals surface area contributed by atoms with E-state index in [0.29, 0.717) is 13.6 Å². The van der Waals surface area contributed by atoms with Gasteiger partial charge in [-0.15, -0.1) is 0 Å². The summed E-state index contributed by atoms with van der Waals surface area (Å²) in [5.41, 5.74) is 1.85. The fourth-order valence-corrected chi connectivity index (χ4v) is 1.37. The molecule has 0 spiro atoms. The van der Waals surface area contributed by atoms with Crippen molar-refractivity contribution >= 4 is 7.69 Å². The molecule has 4 heteroatoms. The number of rotatable bonds is 3. The quantitative estimate of drug-likeness (QED) is 0.762. The lowest BCUT2D eigenvalue weighted by molar-refractivity contribution is 0.444. The lowest BCUT2D eigenvalue weighted by Crippen LogP contribution is -2.02. The van der Waals surface area contributed by atoms with Crippen LogP contribution in [0.3, 0.4) is 0 Å². The first-order valence-electron chi connectivity index (χ1n) is 4.55. The number of nitrogens with zero attached hydrogens (tertiary/aromatic N) is 1. The summed E-state index contributed by atoms with van der Waals surface area (Å²) < 4.78 is 4.91. The molecule has 1 heterocycles. The van der Waals surface area contributed by atoms with E-state index in [0.717, 1.165) is 11.1 Å². The molecular weight excluding hydrogens is 189 g/mol. The molecule has 3 nitrogen and oxygen atoms in total. The first-order valence-corrected chi connectivity index (χ1v) is 4.55. The molecule has 0 saturated heterocycles. The Morgan fingerprint density at radius 2 is 1.87 bits per heavy atom. The fraction of sp³-hybridized carbons (Fsp3) is 0. The Morgan fingerprint density at radius 3 is 2.60 bits per heavy atom. The highest BCUT2D eigenvalue weighted by Gasteiger charge is 2.06. The fourth-order valence-electron chi connectivity index (χ4n) is 1.37. The van der Waals surface area contributed by atoms with Crippen molar-refractivity contribution in [2.75, 3.05) is 0 Å². The molecule has 2 rings (SSSR count). The molecular formula is C11H9BNO2. The van der Waals surface area contributed by atoms with E-state index in [1.807, 2.05) is 42.5 Å². The standard InChI is InChI=1S/C11H9BNO2/c14-12-15-11-10(7-4-8-13-11)9-5-2-1-3-6-9/h1-8,14H. The molecule has 0 bridgehead atoms. The lowest BCUT2D eigenvalue weighted by Gasteiger charge is -2.07. The molecule has 1 radical (unpaired) electrons. The van der Waals surface area contributed by atoms with Gasteiger partial charge in [-0.3, -0.25) is 0 Å². The van der Waals surface area contributed by atoms with E-state index in [1.54, 1.807) is 6.20 Å². The van der Waals surface area contributed by atoms with Gasteiger partial charge in [0.1, 0.15) is 0 Å². The van der Waals surface area contributed by atoms with Crippen LogP contribution in [0.25, 0.3) is 11.1 Å². The van der Waals surface area contributed by atoms with Crippen molar-refractivity contribution in [3.63, 3.8) is 0 Å². The van der Waals surface area contributed by atoms with Crippen molar-refractivity contribution in [3.05, 3.63) is 48.7 Å². The maximum Gasteiger partial charge on any atom is 0.570 e. The highest BCUT2D eigenvalue weighted by Crippen LogP contribution is 2.26. The van der Waals surface area contributed by atoms with Crippen LogP contribution < -0.4 is 4.65 Å². The second-order valence-corrected chi connectivity index (χ2v) is 2.95. The van der Waals surface area contributed by atoms with Crippen LogP contribution in [0.1, 0.15) is 0 Å². The van der Waals surface area contributed by atoms with Gasteiger partial charge in [0.2, 0.25) is 5.88 Å². The predicted molar refractivity (Wildman–Crippen MR) is 58.3 cm³/mol. The third kappa shape index (κ3) is 2.17. The molecule has 73 valence electrons. The Bertz CT molecular complexity index is 434. The summed E-state index contributed by atoms with van der Waals surface area (Å²) >= 11 is 0. The summed E-state index contributed by atoms with van der Waals surface area (Å²) in [6, 6.07) is 13.5. The zero-order valence-corrected chi connectivity index (χ0v) is 8.00. The summed E-state index contributed by atoms with van der Waals surface area (Å²) in [4.78, 5) is 4.03. The maximum absolute atomic E-state index is 8.60. The Morgan fingerprint density at radius 1 is 1.07 bits per heavy atom. The van der Waals surface area contributed by atoms with Gasteiger partial charge in [-0.2, -0.15) is 0 Å². The summed E-state index contributed by atoms with van der Waals surface area (Å²) in [5.74, 6) is 0.395. The van der Waals surface area contributed by atoms with Gasteiger partial charge in [-0.1, -0.05) is 30.3 Å². The van der Waals surface area contributed by atoms with E-state index in [9.17, 15) is 0 Å². The Kier molecular flexibility index (Phi) is 3.00. The van der Waals surface area contributed by atoms with Crippen LogP contribution in [-0.4, -0.2) is 17.7 Å². The van der Waals surface area contributed by atoms with Crippen LogP contribution in [0.2, 0.25) is 0 Å². The third-order valence-electron chi connectivity index (χ3n) is 2.02. The van der Waals surface area contributed by atoms with E-state index < -0.39 is 0 Å². The minimum absolute atomic E-state index is 0.395. The Labute approximate surface area is 88.7 Å². The normalized spacial score (nSPS) is 9.67. The highest BCUT2D eigenvalue weighted by molar-refractivity contribution is 6.17. The van der Waals surface area contributed by atoms with Crippen molar-refractivity contribution in [1.82, 2.24) is 4.98 Å². The van der Waals surface area contributed by atoms with E-state index in [-0.39, 0.29) is 0 Å². The first kappa shape index (κ1) is 9.74. The zero-order valence-electron chi connectivity index (χ0n) is 8.00. The molecule has 0 saturated carbocycles. The molecule has 2 aromatic rings. The van der Waals surface area contributed by atoms with Crippen molar-refractivity contribution < 1.29 is 9.68 Å². The van der Waals surface area contributed by atoms with Gasteiger partial charge in [0.05, 0.1) is 0 Å². The Hall–Kier alpha value is -1.81. The second kappa shape index (κ2) is 4.62. The van der Waals surface area contributed by atoms with E-state index in [1.165, 1.54) is 0 Å². The number of hydrogen-bond acceptors (Lipinski definition) is 3. The molecule has 0 aliphatic heterocycles. The zero-order chi connectivity index (χ0) is 10.5. The lowest BCUT2D eigenvalue weighted by atomic mass is 10.1. The van der Waals surface area contributed by atoms with Crippen LogP contribution in [0.5, 0.6) is 5.88 Å². The largest absolute Gasteiger partial charge is 0.570 e. The Balaban J connectivity index is 2.43. The van der Waals surface area contributed by atoms with Crippen LogP contribution in [-0.2, 0) is 0 Å². The van der Waals surface area contributed by atoms with Crippen molar-refractivity contribution in [1.29, 1.82) is 0 Å². The molecule has 0 aliphatic carbocycles. The monoisotopic (exact) mass is 198 g/mol. The second-order valence-electron chi connectivity index (χ2n) is 2.95. The minimum atomic E-state index is 0.395. The highest BCUT2D eigenvalue weighted by atomic mass is 16.5. The summed E-state index contributed by atoms with van der Waals surface area (Å²) in [6.07, 6.45) is 1.62. The molecule has 0 aliphatic rings. The van der Waals surface area contributed by atoms with Crippen molar-refractivity contribution in [2.45, 2.75) is 0 Å². The smallest absolute Gasteiger partial charge is 0.523 e. The van der Waals surface area contributed by atoms with Gasteiger partial charge < -0.3 is 9.68 Å². The van der Waals surface area contributed by atoms with E-state index >= 15 is 0 Å². The van der Waals surface area contributed by atoms with Gasteiger partial charge in [0, 0.05) is 11.8 Å². The van der Waals surface area contributed by atoms with Crippen LogP contribution in [0.15, 0.2) is 48.7 Å².